The normalized spacial score (nSPS) is 10.6. The van der Waals surface area contributed by atoms with Crippen LogP contribution in [0.25, 0.3) is 11.5 Å². The summed E-state index contributed by atoms with van der Waals surface area (Å²) in [5.74, 6) is 0.881. The monoisotopic (exact) mass is 262 g/mol. The van der Waals surface area contributed by atoms with Gasteiger partial charge in [-0.25, -0.2) is 0 Å². The fourth-order valence-corrected chi connectivity index (χ4v) is 1.70. The van der Waals surface area contributed by atoms with Gasteiger partial charge in [0.05, 0.1) is 4.92 Å². The predicted molar refractivity (Wildman–Crippen MR) is 68.8 cm³/mol. The summed E-state index contributed by atoms with van der Waals surface area (Å²) in [5, 5.41) is 17.6. The molecule has 7 nitrogen and oxygen atoms in total. The van der Waals surface area contributed by atoms with Crippen molar-refractivity contribution in [2.24, 2.45) is 0 Å². The summed E-state index contributed by atoms with van der Waals surface area (Å²) in [6.45, 7) is 2.53. The maximum absolute atomic E-state index is 10.8. The summed E-state index contributed by atoms with van der Waals surface area (Å²) >= 11 is 0. The molecule has 0 saturated heterocycles. The molecule has 1 N–H and O–H groups in total. The fourth-order valence-electron chi connectivity index (χ4n) is 1.70. The Hall–Kier alpha value is -2.28. The van der Waals surface area contributed by atoms with Gasteiger partial charge in [-0.3, -0.25) is 10.1 Å². The Morgan fingerprint density at radius 1 is 1.42 bits per heavy atom. The minimum Gasteiger partial charge on any atom is -0.334 e. The number of nitrogens with one attached hydrogen (secondary N) is 1. The molecule has 0 atom stereocenters. The molecule has 0 fully saturated rings. The van der Waals surface area contributed by atoms with Gasteiger partial charge in [-0.1, -0.05) is 5.16 Å². The Morgan fingerprint density at radius 2 is 2.21 bits per heavy atom. The van der Waals surface area contributed by atoms with Crippen LogP contribution < -0.4 is 5.32 Å². The second kappa shape index (κ2) is 5.57. The fraction of sp³-hybridized carbons (Fsp3) is 0.333. The Kier molecular flexibility index (Phi) is 3.86. The van der Waals surface area contributed by atoms with Gasteiger partial charge < -0.3 is 9.84 Å². The van der Waals surface area contributed by atoms with E-state index in [1.54, 1.807) is 13.0 Å². The Balaban J connectivity index is 2.30. The third-order valence-electron chi connectivity index (χ3n) is 2.59. The average molecular weight is 262 g/mol. The van der Waals surface area contributed by atoms with E-state index in [0.29, 0.717) is 23.7 Å². The Morgan fingerprint density at radius 3 is 2.89 bits per heavy atom. The van der Waals surface area contributed by atoms with Crippen LogP contribution in [-0.4, -0.2) is 28.7 Å². The summed E-state index contributed by atoms with van der Waals surface area (Å²) in [4.78, 5) is 14.6. The number of nitro benzene ring substituents is 1. The lowest BCUT2D eigenvalue weighted by atomic mass is 10.1. The molecule has 19 heavy (non-hydrogen) atoms. The van der Waals surface area contributed by atoms with Crippen LogP contribution in [0.15, 0.2) is 22.7 Å². The van der Waals surface area contributed by atoms with E-state index in [4.69, 9.17) is 4.52 Å². The van der Waals surface area contributed by atoms with Gasteiger partial charge in [0, 0.05) is 30.7 Å². The van der Waals surface area contributed by atoms with Crippen LogP contribution in [0.1, 0.15) is 11.4 Å². The van der Waals surface area contributed by atoms with Gasteiger partial charge in [0.15, 0.2) is 5.82 Å². The first-order valence-corrected chi connectivity index (χ1v) is 5.84. The molecule has 0 aliphatic carbocycles. The minimum absolute atomic E-state index is 0.0185. The number of benzene rings is 1. The van der Waals surface area contributed by atoms with Crippen molar-refractivity contribution in [2.75, 3.05) is 13.6 Å². The number of rotatable bonds is 5. The second-order valence-electron chi connectivity index (χ2n) is 4.18. The summed E-state index contributed by atoms with van der Waals surface area (Å²) in [5.41, 5.74) is 1.36. The summed E-state index contributed by atoms with van der Waals surface area (Å²) < 4.78 is 5.13. The molecule has 100 valence electrons. The summed E-state index contributed by atoms with van der Waals surface area (Å²) in [6.07, 6.45) is 0.647. The molecular formula is C12H14N4O3. The van der Waals surface area contributed by atoms with Crippen molar-refractivity contribution in [3.63, 3.8) is 0 Å². The number of nitro groups is 1. The molecule has 2 aromatic rings. The smallest absolute Gasteiger partial charge is 0.270 e. The van der Waals surface area contributed by atoms with E-state index in [9.17, 15) is 10.1 Å². The van der Waals surface area contributed by atoms with Crippen LogP contribution in [-0.2, 0) is 6.42 Å². The molecule has 2 rings (SSSR count). The van der Waals surface area contributed by atoms with Crippen LogP contribution in [0.2, 0.25) is 0 Å². The van der Waals surface area contributed by atoms with Gasteiger partial charge in [0.2, 0.25) is 0 Å². The van der Waals surface area contributed by atoms with Crippen molar-refractivity contribution < 1.29 is 9.45 Å². The van der Waals surface area contributed by atoms with Gasteiger partial charge in [-0.15, -0.1) is 0 Å². The van der Waals surface area contributed by atoms with E-state index in [1.807, 2.05) is 7.05 Å². The predicted octanol–water partition coefficient (Wildman–Crippen LogP) is 1.72. The summed E-state index contributed by atoms with van der Waals surface area (Å²) in [6, 6.07) is 4.71. The molecule has 0 bridgehead atoms. The molecular weight excluding hydrogens is 248 g/mol. The molecule has 0 aliphatic rings. The first kappa shape index (κ1) is 13.2. The molecule has 1 heterocycles. The van der Waals surface area contributed by atoms with Crippen molar-refractivity contribution in [2.45, 2.75) is 13.3 Å². The van der Waals surface area contributed by atoms with Crippen LogP contribution in [0.4, 0.5) is 5.69 Å². The highest BCUT2D eigenvalue weighted by Crippen LogP contribution is 2.24. The molecule has 0 unspecified atom stereocenters. The molecule has 0 amide bonds. The van der Waals surface area contributed by atoms with Crippen molar-refractivity contribution in [1.29, 1.82) is 0 Å². The second-order valence-corrected chi connectivity index (χ2v) is 4.18. The molecule has 1 aromatic carbocycles. The highest BCUT2D eigenvalue weighted by atomic mass is 16.6. The highest BCUT2D eigenvalue weighted by molar-refractivity contribution is 5.59. The van der Waals surface area contributed by atoms with Gasteiger partial charge in [0.25, 0.3) is 11.6 Å². The Bertz CT molecular complexity index is 594. The van der Waals surface area contributed by atoms with E-state index >= 15 is 0 Å². The number of likely N-dealkylation sites (N-methyl/N-ethyl adjacent to an activating group) is 1. The van der Waals surface area contributed by atoms with Crippen molar-refractivity contribution in [3.8, 4) is 11.5 Å². The topological polar surface area (TPSA) is 94.1 Å². The molecule has 0 saturated carbocycles. The molecule has 0 aliphatic heterocycles. The Labute approximate surface area is 109 Å². The largest absolute Gasteiger partial charge is 0.334 e. The average Bonchev–Trinajstić information content (AvgIpc) is 2.84. The zero-order valence-electron chi connectivity index (χ0n) is 10.7. The minimum atomic E-state index is -0.436. The van der Waals surface area contributed by atoms with Gasteiger partial charge >= 0.3 is 0 Å². The van der Waals surface area contributed by atoms with E-state index in [1.165, 1.54) is 12.1 Å². The number of nitrogens with zero attached hydrogens (tertiary/aromatic N) is 3. The van der Waals surface area contributed by atoms with Crippen LogP contribution in [0.3, 0.4) is 0 Å². The quantitative estimate of drug-likeness (QED) is 0.651. The number of aromatic nitrogens is 2. The first-order valence-electron chi connectivity index (χ1n) is 5.84. The van der Waals surface area contributed by atoms with Gasteiger partial charge in [-0.05, 0) is 25.6 Å². The highest BCUT2D eigenvalue weighted by Gasteiger charge is 2.14. The summed E-state index contributed by atoms with van der Waals surface area (Å²) in [7, 11) is 1.84. The molecule has 1 aromatic heterocycles. The molecule has 0 radical (unpaired) electrons. The maximum atomic E-state index is 10.8. The zero-order chi connectivity index (χ0) is 13.8. The van der Waals surface area contributed by atoms with E-state index in [2.05, 4.69) is 15.5 Å². The van der Waals surface area contributed by atoms with Gasteiger partial charge in [0.1, 0.15) is 0 Å². The lowest BCUT2D eigenvalue weighted by molar-refractivity contribution is -0.384. The SMILES string of the molecule is CNCCc1noc(-c2cc(C)cc([N+](=O)[O-])c2)n1. The van der Waals surface area contributed by atoms with Gasteiger partial charge in [-0.2, -0.15) is 4.98 Å². The number of hydrogen-bond acceptors (Lipinski definition) is 6. The zero-order valence-corrected chi connectivity index (χ0v) is 10.7. The molecule has 7 heteroatoms. The van der Waals surface area contributed by atoms with Crippen molar-refractivity contribution >= 4 is 5.69 Å². The lowest BCUT2D eigenvalue weighted by Crippen LogP contribution is -2.11. The van der Waals surface area contributed by atoms with Crippen LogP contribution in [0.5, 0.6) is 0 Å². The van der Waals surface area contributed by atoms with Crippen LogP contribution >= 0.6 is 0 Å². The lowest BCUT2D eigenvalue weighted by Gasteiger charge is -1.98. The van der Waals surface area contributed by atoms with E-state index in [-0.39, 0.29) is 5.69 Å². The van der Waals surface area contributed by atoms with E-state index in [0.717, 1.165) is 12.1 Å². The number of non-ortho nitro benzene ring substituents is 1. The molecule has 0 spiro atoms. The first-order chi connectivity index (χ1) is 9.10. The maximum Gasteiger partial charge on any atom is 0.270 e. The third kappa shape index (κ3) is 3.14. The van der Waals surface area contributed by atoms with E-state index < -0.39 is 4.92 Å². The standard InChI is InChI=1S/C12H14N4O3/c1-8-5-9(7-10(6-8)16(17)18)12-14-11(15-19-12)3-4-13-2/h5-7,13H,3-4H2,1-2H3. The number of hydrogen-bond donors (Lipinski definition) is 1. The van der Waals surface area contributed by atoms with Crippen molar-refractivity contribution in [1.82, 2.24) is 15.5 Å². The third-order valence-corrected chi connectivity index (χ3v) is 2.59. The van der Waals surface area contributed by atoms with Crippen molar-refractivity contribution in [3.05, 3.63) is 39.7 Å². The van der Waals surface area contributed by atoms with Crippen LogP contribution in [0, 0.1) is 17.0 Å². The number of aryl methyl sites for hydroxylation is 1.